The van der Waals surface area contributed by atoms with Crippen molar-refractivity contribution < 1.29 is 0 Å². The Morgan fingerprint density at radius 3 is 2.68 bits per heavy atom. The van der Waals surface area contributed by atoms with Crippen molar-refractivity contribution in [3.8, 4) is 10.6 Å². The molecule has 6 heteroatoms. The average molecular weight is 297 g/mol. The highest BCUT2D eigenvalue weighted by Gasteiger charge is 2.16. The van der Waals surface area contributed by atoms with Crippen molar-refractivity contribution in [2.24, 2.45) is 5.73 Å². The van der Waals surface area contributed by atoms with Crippen molar-refractivity contribution in [3.63, 3.8) is 0 Å². The van der Waals surface area contributed by atoms with E-state index in [0.29, 0.717) is 6.54 Å². The van der Waals surface area contributed by atoms with Crippen LogP contribution in [0.3, 0.4) is 0 Å². The van der Waals surface area contributed by atoms with E-state index in [1.807, 2.05) is 12.1 Å². The Balaban J connectivity index is 0.00000133. The highest BCUT2D eigenvalue weighted by molar-refractivity contribution is 7.13. The van der Waals surface area contributed by atoms with Crippen molar-refractivity contribution in [2.75, 3.05) is 18.0 Å². The number of nitrogens with zero attached hydrogens (tertiary/aromatic N) is 3. The monoisotopic (exact) mass is 296 g/mol. The number of anilines is 1. The number of halogens is 1. The smallest absolute Gasteiger partial charge is 0.226 e. The standard InChI is InChI=1S/C13H16N4S.ClH/c14-9-10-8-11(12-4-3-7-18-12)16-13(15-10)17-5-1-2-6-17;/h3-4,7-8H,1-2,5-6,9,14H2;1H. The molecular weight excluding hydrogens is 280 g/mol. The van der Waals surface area contributed by atoms with Gasteiger partial charge in [-0.1, -0.05) is 6.07 Å². The maximum atomic E-state index is 5.73. The molecule has 0 aromatic carbocycles. The second-order valence-corrected chi connectivity index (χ2v) is 5.37. The molecule has 0 bridgehead atoms. The summed E-state index contributed by atoms with van der Waals surface area (Å²) in [7, 11) is 0. The molecule has 1 aliphatic heterocycles. The van der Waals surface area contributed by atoms with Crippen LogP contribution < -0.4 is 10.6 Å². The van der Waals surface area contributed by atoms with Crippen molar-refractivity contribution in [1.29, 1.82) is 0 Å². The lowest BCUT2D eigenvalue weighted by Crippen LogP contribution is -2.21. The second-order valence-electron chi connectivity index (χ2n) is 4.42. The fourth-order valence-corrected chi connectivity index (χ4v) is 2.88. The van der Waals surface area contributed by atoms with Crippen molar-refractivity contribution in [3.05, 3.63) is 29.3 Å². The Kier molecular flexibility index (Phi) is 4.74. The van der Waals surface area contributed by atoms with Gasteiger partial charge in [0, 0.05) is 19.6 Å². The second kappa shape index (κ2) is 6.32. The third kappa shape index (κ3) is 3.05. The predicted molar refractivity (Wildman–Crippen MR) is 81.9 cm³/mol. The van der Waals surface area contributed by atoms with Crippen LogP contribution in [0, 0.1) is 0 Å². The number of hydrogen-bond acceptors (Lipinski definition) is 5. The van der Waals surface area contributed by atoms with E-state index in [-0.39, 0.29) is 12.4 Å². The van der Waals surface area contributed by atoms with Gasteiger partial charge < -0.3 is 10.6 Å². The number of nitrogens with two attached hydrogens (primary N) is 1. The number of hydrogen-bond donors (Lipinski definition) is 1. The molecule has 0 amide bonds. The van der Waals surface area contributed by atoms with Crippen LogP contribution in [0.15, 0.2) is 23.6 Å². The normalized spacial score (nSPS) is 14.5. The minimum absolute atomic E-state index is 0. The van der Waals surface area contributed by atoms with E-state index >= 15 is 0 Å². The van der Waals surface area contributed by atoms with Crippen LogP contribution in [-0.2, 0) is 6.54 Å². The Morgan fingerprint density at radius 2 is 2.05 bits per heavy atom. The van der Waals surface area contributed by atoms with Gasteiger partial charge in [0.05, 0.1) is 16.3 Å². The van der Waals surface area contributed by atoms with Gasteiger partial charge in [-0.25, -0.2) is 9.97 Å². The summed E-state index contributed by atoms with van der Waals surface area (Å²) in [5.74, 6) is 0.832. The zero-order valence-electron chi connectivity index (χ0n) is 10.6. The van der Waals surface area contributed by atoms with Gasteiger partial charge in [-0.3, -0.25) is 0 Å². The first-order chi connectivity index (χ1) is 8.86. The molecule has 0 spiro atoms. The number of thiophene rings is 1. The first-order valence-corrected chi connectivity index (χ1v) is 7.11. The SMILES string of the molecule is Cl.NCc1cc(-c2cccs2)nc(N2CCCC2)n1. The Bertz CT molecular complexity index is 523. The molecule has 2 aromatic rings. The van der Waals surface area contributed by atoms with Gasteiger partial charge >= 0.3 is 0 Å². The van der Waals surface area contributed by atoms with Crippen LogP contribution in [0.5, 0.6) is 0 Å². The first kappa shape index (κ1) is 14.2. The molecular formula is C13H17ClN4S. The molecule has 102 valence electrons. The third-order valence-electron chi connectivity index (χ3n) is 3.14. The van der Waals surface area contributed by atoms with Crippen molar-refractivity contribution in [1.82, 2.24) is 9.97 Å². The summed E-state index contributed by atoms with van der Waals surface area (Å²) in [5.41, 5.74) is 7.63. The van der Waals surface area contributed by atoms with Crippen LogP contribution >= 0.6 is 23.7 Å². The van der Waals surface area contributed by atoms with E-state index in [1.165, 1.54) is 17.7 Å². The summed E-state index contributed by atoms with van der Waals surface area (Å²) < 4.78 is 0. The van der Waals surface area contributed by atoms with Gasteiger partial charge in [-0.05, 0) is 30.4 Å². The maximum Gasteiger partial charge on any atom is 0.226 e. The van der Waals surface area contributed by atoms with Gasteiger partial charge in [0.2, 0.25) is 5.95 Å². The van der Waals surface area contributed by atoms with E-state index in [4.69, 9.17) is 5.73 Å². The zero-order valence-corrected chi connectivity index (χ0v) is 12.2. The number of aromatic nitrogens is 2. The zero-order chi connectivity index (χ0) is 12.4. The van der Waals surface area contributed by atoms with Crippen molar-refractivity contribution in [2.45, 2.75) is 19.4 Å². The summed E-state index contributed by atoms with van der Waals surface area (Å²) in [4.78, 5) is 12.6. The molecule has 1 saturated heterocycles. The summed E-state index contributed by atoms with van der Waals surface area (Å²) in [6.07, 6.45) is 2.45. The average Bonchev–Trinajstić information content (AvgIpc) is 3.10. The lowest BCUT2D eigenvalue weighted by Gasteiger charge is -2.16. The first-order valence-electron chi connectivity index (χ1n) is 6.23. The van der Waals surface area contributed by atoms with Gasteiger partial charge in [0.15, 0.2) is 0 Å². The molecule has 3 heterocycles. The molecule has 3 rings (SSSR count). The molecule has 1 fully saturated rings. The molecule has 0 radical (unpaired) electrons. The summed E-state index contributed by atoms with van der Waals surface area (Å²) in [6.45, 7) is 2.57. The number of rotatable bonds is 3. The predicted octanol–water partition coefficient (Wildman–Crippen LogP) is 2.69. The lowest BCUT2D eigenvalue weighted by atomic mass is 10.3. The van der Waals surface area contributed by atoms with Crippen LogP contribution in [0.2, 0.25) is 0 Å². The minimum Gasteiger partial charge on any atom is -0.341 e. The van der Waals surface area contributed by atoms with Crippen LogP contribution in [0.25, 0.3) is 10.6 Å². The van der Waals surface area contributed by atoms with Crippen LogP contribution in [0.4, 0.5) is 5.95 Å². The summed E-state index contributed by atoms with van der Waals surface area (Å²) >= 11 is 1.70. The molecule has 2 N–H and O–H groups in total. The highest BCUT2D eigenvalue weighted by Crippen LogP contribution is 2.26. The topological polar surface area (TPSA) is 55.0 Å². The molecule has 19 heavy (non-hydrogen) atoms. The summed E-state index contributed by atoms with van der Waals surface area (Å²) in [6, 6.07) is 6.12. The minimum atomic E-state index is 0. The Hall–Kier alpha value is -1.17. The highest BCUT2D eigenvalue weighted by atomic mass is 35.5. The van der Waals surface area contributed by atoms with Gasteiger partial charge in [0.25, 0.3) is 0 Å². The molecule has 0 aliphatic carbocycles. The third-order valence-corrected chi connectivity index (χ3v) is 4.03. The van der Waals surface area contributed by atoms with E-state index in [0.717, 1.165) is 30.4 Å². The van der Waals surface area contributed by atoms with E-state index in [9.17, 15) is 0 Å². The lowest BCUT2D eigenvalue weighted by molar-refractivity contribution is 0.870. The molecule has 0 atom stereocenters. The maximum absolute atomic E-state index is 5.73. The van der Waals surface area contributed by atoms with Gasteiger partial charge in [0.1, 0.15) is 0 Å². The summed E-state index contributed by atoms with van der Waals surface area (Å²) in [5, 5.41) is 2.06. The van der Waals surface area contributed by atoms with Crippen LogP contribution in [0.1, 0.15) is 18.5 Å². The van der Waals surface area contributed by atoms with E-state index in [2.05, 4.69) is 26.3 Å². The largest absolute Gasteiger partial charge is 0.341 e. The Morgan fingerprint density at radius 1 is 1.26 bits per heavy atom. The van der Waals surface area contributed by atoms with Gasteiger partial charge in [-0.15, -0.1) is 23.7 Å². The Labute approximate surface area is 123 Å². The fourth-order valence-electron chi connectivity index (χ4n) is 2.20. The molecule has 1 aliphatic rings. The molecule has 0 saturated carbocycles. The molecule has 0 unspecified atom stereocenters. The van der Waals surface area contributed by atoms with E-state index < -0.39 is 0 Å². The van der Waals surface area contributed by atoms with Crippen molar-refractivity contribution >= 4 is 29.7 Å². The fraction of sp³-hybridized carbons (Fsp3) is 0.385. The molecule has 4 nitrogen and oxygen atoms in total. The van der Waals surface area contributed by atoms with Crippen LogP contribution in [-0.4, -0.2) is 23.1 Å². The molecule has 2 aromatic heterocycles. The van der Waals surface area contributed by atoms with Gasteiger partial charge in [-0.2, -0.15) is 0 Å². The van der Waals surface area contributed by atoms with E-state index in [1.54, 1.807) is 11.3 Å². The quantitative estimate of drug-likeness (QED) is 0.946.